The van der Waals surface area contributed by atoms with E-state index in [2.05, 4.69) is 4.98 Å². The maximum Gasteiger partial charge on any atom is 0.366 e. The molecule has 0 saturated heterocycles. The summed E-state index contributed by atoms with van der Waals surface area (Å²) >= 11 is 0. The molecule has 4 nitrogen and oxygen atoms in total. The molecule has 2 N–H and O–H groups in total. The monoisotopic (exact) mass is 276 g/mol. The second-order valence-corrected chi connectivity index (χ2v) is 3.86. The van der Waals surface area contributed by atoms with E-state index in [9.17, 15) is 22.5 Å². The van der Waals surface area contributed by atoms with Crippen LogP contribution in [0.25, 0.3) is 10.9 Å². The highest BCUT2D eigenvalue weighted by Crippen LogP contribution is 2.40. The van der Waals surface area contributed by atoms with E-state index >= 15 is 0 Å². The molecule has 0 bridgehead atoms. The molecule has 0 aliphatic rings. The molecule has 1 aromatic heterocycles. The van der Waals surface area contributed by atoms with Gasteiger partial charge in [-0.2, -0.15) is 0 Å². The topological polar surface area (TPSA) is 56.3 Å². The minimum atomic E-state index is -4.44. The van der Waals surface area contributed by atoms with Crippen LogP contribution in [0.4, 0.5) is 17.7 Å². The first-order valence-corrected chi connectivity index (χ1v) is 5.13. The lowest BCUT2D eigenvalue weighted by molar-refractivity contribution is -0.294. The van der Waals surface area contributed by atoms with Crippen molar-refractivity contribution in [3.05, 3.63) is 36.0 Å². The van der Waals surface area contributed by atoms with Crippen molar-refractivity contribution in [2.24, 2.45) is 0 Å². The number of para-hydroxylation sites is 1. The average molecular weight is 276 g/mol. The molecule has 19 heavy (non-hydrogen) atoms. The number of aromatic amines is 1. The van der Waals surface area contributed by atoms with Crippen LogP contribution in [-0.2, 0) is 4.79 Å². The van der Waals surface area contributed by atoms with Crippen LogP contribution in [0.1, 0.15) is 11.7 Å². The fourth-order valence-corrected chi connectivity index (χ4v) is 1.78. The maximum atomic E-state index is 14.0. The molecule has 2 rings (SSSR count). The molecular formula is C11H8F4N2O2. The molecule has 8 heteroatoms. The summed E-state index contributed by atoms with van der Waals surface area (Å²) in [5.74, 6) is -7.04. The highest BCUT2D eigenvalue weighted by molar-refractivity contribution is 5.85. The van der Waals surface area contributed by atoms with Crippen molar-refractivity contribution >= 4 is 16.9 Å². The van der Waals surface area contributed by atoms with Gasteiger partial charge in [-0.05, 0) is 6.07 Å². The molecule has 0 spiro atoms. The number of hydrogen-bond donors (Lipinski definition) is 2. The van der Waals surface area contributed by atoms with Crippen LogP contribution in [0, 0.1) is 0 Å². The van der Waals surface area contributed by atoms with Crippen molar-refractivity contribution in [2.75, 3.05) is 0 Å². The summed E-state index contributed by atoms with van der Waals surface area (Å²) in [4.78, 5) is 13.1. The number of hydrogen-bond acceptors (Lipinski definition) is 2. The Morgan fingerprint density at radius 2 is 2.00 bits per heavy atom. The molecule has 1 unspecified atom stereocenters. The summed E-state index contributed by atoms with van der Waals surface area (Å²) in [5.41, 5.74) is -0.0991. The zero-order valence-electron chi connectivity index (χ0n) is 9.28. The van der Waals surface area contributed by atoms with E-state index < -0.39 is 28.8 Å². The molecule has 0 saturated carbocycles. The molecule has 1 aromatic carbocycles. The molecule has 0 aliphatic heterocycles. The minimum Gasteiger partial charge on any atom is -0.478 e. The number of nitrogens with one attached hydrogen (secondary N) is 1. The van der Waals surface area contributed by atoms with Crippen molar-refractivity contribution in [3.8, 4) is 0 Å². The first-order chi connectivity index (χ1) is 8.89. The second-order valence-electron chi connectivity index (χ2n) is 3.86. The van der Waals surface area contributed by atoms with Crippen LogP contribution < -0.4 is 0 Å². The number of carbonyl (C=O) groups is 1. The summed E-state index contributed by atoms with van der Waals surface area (Å²) in [6, 6.07) is 5.99. The van der Waals surface area contributed by atoms with Gasteiger partial charge in [-0.1, -0.05) is 27.2 Å². The maximum absolute atomic E-state index is 14.0. The molecule has 2 aromatic rings. The SMILES string of the molecule is O=C(O)[C@](F)(C(F)c1c[nH]c2ccccc12)N(F)F. The number of nitrogens with zero attached hydrogens (tertiary/aromatic N) is 1. The Hall–Kier alpha value is -2.09. The Morgan fingerprint density at radius 3 is 2.58 bits per heavy atom. The number of carboxylic acid groups (broad SMARTS) is 1. The fraction of sp³-hybridized carbons (Fsp3) is 0.182. The minimum absolute atomic E-state index is 0.139. The quantitative estimate of drug-likeness (QED) is 0.512. The fourth-order valence-electron chi connectivity index (χ4n) is 1.78. The number of fused-ring (bicyclic) bond motifs is 1. The van der Waals surface area contributed by atoms with Crippen molar-refractivity contribution in [1.29, 1.82) is 0 Å². The van der Waals surface area contributed by atoms with Gasteiger partial charge in [0.2, 0.25) is 0 Å². The van der Waals surface area contributed by atoms with Crippen molar-refractivity contribution in [3.63, 3.8) is 0 Å². The lowest BCUT2D eigenvalue weighted by Crippen LogP contribution is -2.47. The standard InChI is InChI=1S/C11H8F4N2O2/c12-9(11(13,10(18)19)17(14)15)7-5-16-8-4-2-1-3-6(7)8/h1-5,9,16H,(H,18,19)/t9?,11-/m0/s1. The predicted molar refractivity (Wildman–Crippen MR) is 57.7 cm³/mol. The number of H-pyrrole nitrogens is 1. The van der Waals surface area contributed by atoms with E-state index in [1.54, 1.807) is 6.07 Å². The first kappa shape index (κ1) is 13.3. The van der Waals surface area contributed by atoms with Gasteiger partial charge in [0.25, 0.3) is 0 Å². The predicted octanol–water partition coefficient (Wildman–Crippen LogP) is 3.00. The van der Waals surface area contributed by atoms with Crippen LogP contribution in [0.15, 0.2) is 30.5 Å². The molecule has 1 heterocycles. The third kappa shape index (κ3) is 1.93. The van der Waals surface area contributed by atoms with E-state index in [1.165, 1.54) is 18.2 Å². The van der Waals surface area contributed by atoms with Gasteiger partial charge in [0.15, 0.2) is 6.17 Å². The molecule has 102 valence electrons. The molecule has 2 atom stereocenters. The number of aromatic nitrogens is 1. The van der Waals surface area contributed by atoms with E-state index in [4.69, 9.17) is 5.11 Å². The van der Waals surface area contributed by atoms with Gasteiger partial charge in [0.1, 0.15) is 0 Å². The summed E-state index contributed by atoms with van der Waals surface area (Å²) in [5, 5.41) is 6.36. The van der Waals surface area contributed by atoms with Gasteiger partial charge in [-0.25, -0.2) is 13.6 Å². The van der Waals surface area contributed by atoms with Crippen LogP contribution in [0.3, 0.4) is 0 Å². The lowest BCUT2D eigenvalue weighted by Gasteiger charge is -2.23. The Morgan fingerprint density at radius 1 is 1.37 bits per heavy atom. The van der Waals surface area contributed by atoms with E-state index in [1.807, 2.05) is 0 Å². The van der Waals surface area contributed by atoms with Crippen LogP contribution in [0.2, 0.25) is 0 Å². The third-order valence-corrected chi connectivity index (χ3v) is 2.78. The number of carboxylic acids is 1. The molecule has 0 aliphatic carbocycles. The molecular weight excluding hydrogens is 268 g/mol. The van der Waals surface area contributed by atoms with Crippen molar-refractivity contribution < 1.29 is 27.6 Å². The Kier molecular flexibility index (Phi) is 3.19. The van der Waals surface area contributed by atoms with Gasteiger partial charge < -0.3 is 10.1 Å². The number of benzene rings is 1. The van der Waals surface area contributed by atoms with Crippen LogP contribution in [-0.4, -0.2) is 27.2 Å². The number of halogens is 4. The first-order valence-electron chi connectivity index (χ1n) is 5.13. The highest BCUT2D eigenvalue weighted by atomic mass is 19.4. The summed E-state index contributed by atoms with van der Waals surface area (Å²) in [7, 11) is 0. The van der Waals surface area contributed by atoms with Crippen LogP contribution >= 0.6 is 0 Å². The normalized spacial score (nSPS) is 16.5. The zero-order valence-corrected chi connectivity index (χ0v) is 9.28. The summed E-state index contributed by atoms with van der Waals surface area (Å²) in [6.07, 6.45) is -2.08. The summed E-state index contributed by atoms with van der Waals surface area (Å²) in [6.45, 7) is 0. The number of rotatable bonds is 4. The Balaban J connectivity index is 2.54. The molecule has 0 fully saturated rings. The van der Waals surface area contributed by atoms with Gasteiger partial charge in [0, 0.05) is 22.7 Å². The van der Waals surface area contributed by atoms with E-state index in [-0.39, 0.29) is 5.39 Å². The van der Waals surface area contributed by atoms with Crippen molar-refractivity contribution in [1.82, 2.24) is 10.3 Å². The highest BCUT2D eigenvalue weighted by Gasteiger charge is 2.57. The number of alkyl halides is 2. The van der Waals surface area contributed by atoms with Gasteiger partial charge >= 0.3 is 11.8 Å². The lowest BCUT2D eigenvalue weighted by atomic mass is 10.0. The Labute approximate surface area is 104 Å². The second kappa shape index (κ2) is 4.54. The average Bonchev–Trinajstić information content (AvgIpc) is 2.80. The number of aliphatic carboxylic acids is 1. The molecule has 0 radical (unpaired) electrons. The van der Waals surface area contributed by atoms with Gasteiger partial charge in [-0.15, -0.1) is 0 Å². The Bertz CT molecular complexity index is 616. The third-order valence-electron chi connectivity index (χ3n) is 2.78. The van der Waals surface area contributed by atoms with Gasteiger partial charge in [0.05, 0.1) is 5.34 Å². The largest absolute Gasteiger partial charge is 0.478 e. The zero-order chi connectivity index (χ0) is 14.2. The summed E-state index contributed by atoms with van der Waals surface area (Å²) < 4.78 is 52.5. The van der Waals surface area contributed by atoms with Crippen LogP contribution in [0.5, 0.6) is 0 Å². The van der Waals surface area contributed by atoms with E-state index in [0.29, 0.717) is 5.52 Å². The molecule has 0 amide bonds. The smallest absolute Gasteiger partial charge is 0.366 e. The van der Waals surface area contributed by atoms with Crippen molar-refractivity contribution in [2.45, 2.75) is 12.0 Å². The van der Waals surface area contributed by atoms with Gasteiger partial charge in [-0.3, -0.25) is 0 Å². The van der Waals surface area contributed by atoms with E-state index in [0.717, 1.165) is 6.20 Å².